The first-order chi connectivity index (χ1) is 23.1. The van der Waals surface area contributed by atoms with E-state index in [1.807, 2.05) is 0 Å². The summed E-state index contributed by atoms with van der Waals surface area (Å²) in [6.45, 7) is 13.6. The van der Waals surface area contributed by atoms with Crippen LogP contribution in [0.25, 0.3) is 54.6 Å². The Morgan fingerprint density at radius 2 is 1.06 bits per heavy atom. The topological polar surface area (TPSA) is 16.4 Å². The molecule has 0 bridgehead atoms. The lowest BCUT2D eigenvalue weighted by molar-refractivity contribution is 0.590. The van der Waals surface area contributed by atoms with E-state index in [0.29, 0.717) is 0 Å². The first-order valence-corrected chi connectivity index (χ1v) is 16.9. The Kier molecular flexibility index (Phi) is 6.96. The molecule has 0 aliphatic carbocycles. The maximum Gasteiger partial charge on any atom is 0.137 e. The van der Waals surface area contributed by atoms with E-state index in [4.69, 9.17) is 4.42 Å². The molecule has 0 N–H and O–H groups in total. The van der Waals surface area contributed by atoms with Crippen molar-refractivity contribution in [3.05, 3.63) is 151 Å². The molecule has 0 aliphatic heterocycles. The highest BCUT2D eigenvalue weighted by molar-refractivity contribution is 6.12. The lowest BCUT2D eigenvalue weighted by Gasteiger charge is -2.30. The van der Waals surface area contributed by atoms with E-state index in [2.05, 4.69) is 186 Å². The van der Waals surface area contributed by atoms with Gasteiger partial charge in [-0.05, 0) is 91.5 Å². The van der Waals surface area contributed by atoms with Gasteiger partial charge in [-0.3, -0.25) is 0 Å². The maximum absolute atomic E-state index is 6.56. The number of benzene rings is 7. The van der Waals surface area contributed by atoms with E-state index in [9.17, 15) is 0 Å². The van der Waals surface area contributed by atoms with Crippen LogP contribution in [0.4, 0.5) is 17.1 Å². The largest absolute Gasteiger partial charge is 0.456 e. The Morgan fingerprint density at radius 3 is 1.79 bits per heavy atom. The van der Waals surface area contributed by atoms with Gasteiger partial charge >= 0.3 is 0 Å². The molecule has 0 fully saturated rings. The van der Waals surface area contributed by atoms with Crippen molar-refractivity contribution < 1.29 is 4.42 Å². The quantitative estimate of drug-likeness (QED) is 0.194. The normalized spacial score (nSPS) is 12.4. The zero-order valence-corrected chi connectivity index (χ0v) is 28.6. The summed E-state index contributed by atoms with van der Waals surface area (Å²) in [5, 5.41) is 7.20. The van der Waals surface area contributed by atoms with E-state index in [0.717, 1.165) is 39.0 Å². The van der Waals surface area contributed by atoms with Gasteiger partial charge in [-0.15, -0.1) is 0 Å². The molecule has 48 heavy (non-hydrogen) atoms. The third-order valence-corrected chi connectivity index (χ3v) is 9.78. The van der Waals surface area contributed by atoms with Crippen LogP contribution >= 0.6 is 0 Å². The Balaban J connectivity index is 1.41. The molecular formula is C46H41NO. The molecule has 0 saturated heterocycles. The second kappa shape index (κ2) is 11.1. The smallest absolute Gasteiger partial charge is 0.137 e. The van der Waals surface area contributed by atoms with Gasteiger partial charge in [0, 0.05) is 33.8 Å². The molecule has 8 aromatic rings. The summed E-state index contributed by atoms with van der Waals surface area (Å²) in [6.07, 6.45) is 0. The van der Waals surface area contributed by atoms with Crippen molar-refractivity contribution in [2.24, 2.45) is 0 Å². The highest BCUT2D eigenvalue weighted by Crippen LogP contribution is 2.47. The van der Waals surface area contributed by atoms with Gasteiger partial charge in [0.2, 0.25) is 0 Å². The van der Waals surface area contributed by atoms with E-state index in [-0.39, 0.29) is 10.8 Å². The maximum atomic E-state index is 6.56. The number of fused-ring (bicyclic) bond motifs is 5. The minimum absolute atomic E-state index is 0.0551. The Hall–Kier alpha value is -5.34. The van der Waals surface area contributed by atoms with Gasteiger partial charge in [-0.25, -0.2) is 0 Å². The molecule has 0 amide bonds. The molecule has 0 saturated carbocycles. The first kappa shape index (κ1) is 30.0. The number of nitrogens with zero attached hydrogens (tertiary/aromatic N) is 1. The minimum Gasteiger partial charge on any atom is -0.456 e. The molecule has 2 nitrogen and oxygen atoms in total. The molecule has 0 radical (unpaired) electrons. The van der Waals surface area contributed by atoms with Crippen molar-refractivity contribution in [3.63, 3.8) is 0 Å². The van der Waals surface area contributed by atoms with Gasteiger partial charge < -0.3 is 9.32 Å². The van der Waals surface area contributed by atoms with Gasteiger partial charge in [-0.2, -0.15) is 0 Å². The second-order valence-corrected chi connectivity index (χ2v) is 15.1. The molecule has 1 heterocycles. The van der Waals surface area contributed by atoms with Gasteiger partial charge in [-0.1, -0.05) is 133 Å². The van der Waals surface area contributed by atoms with E-state index in [1.54, 1.807) is 0 Å². The zero-order chi connectivity index (χ0) is 33.2. The van der Waals surface area contributed by atoms with Crippen LogP contribution in [0, 0.1) is 0 Å². The molecule has 236 valence electrons. The summed E-state index contributed by atoms with van der Waals surface area (Å²) in [6, 6.07) is 51.0. The molecule has 2 heteroatoms. The first-order valence-electron chi connectivity index (χ1n) is 16.9. The summed E-state index contributed by atoms with van der Waals surface area (Å²) >= 11 is 0. The van der Waals surface area contributed by atoms with Crippen molar-refractivity contribution >= 4 is 60.5 Å². The van der Waals surface area contributed by atoms with Crippen LogP contribution in [0.2, 0.25) is 0 Å². The molecule has 8 rings (SSSR count). The molecule has 0 aliphatic rings. The number of hydrogen-bond donors (Lipinski definition) is 0. The van der Waals surface area contributed by atoms with Crippen molar-refractivity contribution in [1.29, 1.82) is 0 Å². The summed E-state index contributed by atoms with van der Waals surface area (Å²) in [5.41, 5.74) is 10.2. The Morgan fingerprint density at radius 1 is 0.438 bits per heavy atom. The van der Waals surface area contributed by atoms with Gasteiger partial charge in [0.05, 0.1) is 5.69 Å². The van der Waals surface area contributed by atoms with E-state index in [1.165, 1.54) is 43.8 Å². The van der Waals surface area contributed by atoms with E-state index >= 15 is 0 Å². The highest BCUT2D eigenvalue weighted by Gasteiger charge is 2.23. The Labute approximate surface area is 283 Å². The average molecular weight is 624 g/mol. The molecule has 1 aromatic heterocycles. The highest BCUT2D eigenvalue weighted by atomic mass is 16.3. The van der Waals surface area contributed by atoms with Crippen LogP contribution in [-0.2, 0) is 10.8 Å². The molecule has 0 atom stereocenters. The molecule has 0 unspecified atom stereocenters. The second-order valence-electron chi connectivity index (χ2n) is 15.1. The lowest BCUT2D eigenvalue weighted by atomic mass is 9.86. The number of furan rings is 1. The summed E-state index contributed by atoms with van der Waals surface area (Å²) < 4.78 is 6.56. The van der Waals surface area contributed by atoms with Crippen molar-refractivity contribution in [2.75, 3.05) is 4.90 Å². The number of anilines is 3. The van der Waals surface area contributed by atoms with E-state index < -0.39 is 0 Å². The number of hydrogen-bond acceptors (Lipinski definition) is 2. The molecule has 0 spiro atoms. The van der Waals surface area contributed by atoms with Crippen LogP contribution < -0.4 is 4.90 Å². The van der Waals surface area contributed by atoms with Crippen molar-refractivity contribution in [2.45, 2.75) is 52.4 Å². The SMILES string of the molecule is CC(C)(C)c1ccc(N(c2ccc3c(c2)oc2ccc(C(C)(C)C)cc23)c2ccc3ccccc3c2-c2cccc3ccccc23)cc1. The van der Waals surface area contributed by atoms with Crippen LogP contribution in [0.1, 0.15) is 52.7 Å². The van der Waals surface area contributed by atoms with Crippen LogP contribution in [0.5, 0.6) is 0 Å². The summed E-state index contributed by atoms with van der Waals surface area (Å²) in [5.74, 6) is 0. The van der Waals surface area contributed by atoms with Crippen LogP contribution in [0.15, 0.2) is 144 Å². The van der Waals surface area contributed by atoms with Crippen LogP contribution in [0.3, 0.4) is 0 Å². The third-order valence-electron chi connectivity index (χ3n) is 9.78. The minimum atomic E-state index is 0.0551. The average Bonchev–Trinajstić information content (AvgIpc) is 3.45. The summed E-state index contributed by atoms with van der Waals surface area (Å²) in [7, 11) is 0. The molecule has 7 aromatic carbocycles. The predicted octanol–water partition coefficient (Wildman–Crippen LogP) is 13.6. The predicted molar refractivity (Wildman–Crippen MR) is 206 cm³/mol. The molecular weight excluding hydrogens is 583 g/mol. The van der Waals surface area contributed by atoms with Gasteiger partial charge in [0.25, 0.3) is 0 Å². The lowest BCUT2D eigenvalue weighted by Crippen LogP contribution is -2.14. The fraction of sp³-hybridized carbons (Fsp3) is 0.174. The summed E-state index contributed by atoms with van der Waals surface area (Å²) in [4.78, 5) is 2.41. The fourth-order valence-electron chi connectivity index (χ4n) is 7.08. The third kappa shape index (κ3) is 5.13. The van der Waals surface area contributed by atoms with Crippen molar-refractivity contribution in [3.8, 4) is 11.1 Å². The number of rotatable bonds is 4. The fourth-order valence-corrected chi connectivity index (χ4v) is 7.08. The monoisotopic (exact) mass is 623 g/mol. The van der Waals surface area contributed by atoms with Crippen LogP contribution in [-0.4, -0.2) is 0 Å². The Bertz CT molecular complexity index is 2460. The van der Waals surface area contributed by atoms with Gasteiger partial charge in [0.1, 0.15) is 11.2 Å². The standard InChI is InChI=1S/C46H41NO/c1-45(2,3)32-19-22-34(23-20-32)47(35-24-25-38-40-28-33(46(4,5)6)21-27-42(40)48-43(38)29-35)41-26-18-31-13-8-10-16-37(31)44(41)39-17-11-14-30-12-7-9-15-36(30)39/h7-29H,1-6H3. The van der Waals surface area contributed by atoms with Crippen molar-refractivity contribution in [1.82, 2.24) is 0 Å². The van der Waals surface area contributed by atoms with Gasteiger partial charge in [0.15, 0.2) is 0 Å². The zero-order valence-electron chi connectivity index (χ0n) is 28.6.